The van der Waals surface area contributed by atoms with Crippen molar-refractivity contribution in [3.05, 3.63) is 54.0 Å². The van der Waals surface area contributed by atoms with Crippen LogP contribution in [0.3, 0.4) is 0 Å². The summed E-state index contributed by atoms with van der Waals surface area (Å²) in [6.45, 7) is 5.44. The molecule has 0 aliphatic heterocycles. The van der Waals surface area contributed by atoms with Crippen LogP contribution in [0.25, 0.3) is 0 Å². The topological polar surface area (TPSA) is 26.3 Å². The fraction of sp³-hybridized carbons (Fsp3) is 0.524. The molecule has 0 heterocycles. The van der Waals surface area contributed by atoms with E-state index >= 15 is 0 Å². The minimum atomic E-state index is -0.344. The largest absolute Gasteiger partial charge is 0.457 e. The van der Waals surface area contributed by atoms with E-state index in [1.807, 2.05) is 36.2 Å². The van der Waals surface area contributed by atoms with E-state index in [1.165, 1.54) is 19.3 Å². The van der Waals surface area contributed by atoms with Gasteiger partial charge in [0, 0.05) is 5.57 Å². The maximum absolute atomic E-state index is 11.0. The molecule has 0 aromatic heterocycles. The molecule has 0 atom stereocenters. The van der Waals surface area contributed by atoms with Gasteiger partial charge in [-0.1, -0.05) is 36.9 Å². The number of esters is 1. The Bertz CT molecular complexity index is 490. The van der Waals surface area contributed by atoms with Gasteiger partial charge in [-0.3, -0.25) is 0 Å². The molecule has 4 aliphatic carbocycles. The van der Waals surface area contributed by atoms with Gasteiger partial charge in [0.25, 0.3) is 0 Å². The van der Waals surface area contributed by atoms with Crippen LogP contribution in [0.2, 0.25) is 0 Å². The van der Waals surface area contributed by atoms with E-state index in [-0.39, 0.29) is 5.97 Å². The van der Waals surface area contributed by atoms with Gasteiger partial charge >= 0.3 is 5.97 Å². The number of benzene rings is 1. The summed E-state index contributed by atoms with van der Waals surface area (Å²) in [7, 11) is 0. The van der Waals surface area contributed by atoms with Crippen LogP contribution in [0, 0.1) is 23.7 Å². The van der Waals surface area contributed by atoms with Crippen LogP contribution < -0.4 is 0 Å². The van der Waals surface area contributed by atoms with Gasteiger partial charge in [-0.25, -0.2) is 4.79 Å². The zero-order valence-corrected chi connectivity index (χ0v) is 14.1. The van der Waals surface area contributed by atoms with Crippen molar-refractivity contribution in [3.63, 3.8) is 0 Å². The summed E-state index contributed by atoms with van der Waals surface area (Å²) in [5.41, 5.74) is 1.41. The Morgan fingerprint density at radius 3 is 2.00 bits per heavy atom. The fourth-order valence-electron chi connectivity index (χ4n) is 4.52. The summed E-state index contributed by atoms with van der Waals surface area (Å²) in [6.07, 6.45) is 9.31. The summed E-state index contributed by atoms with van der Waals surface area (Å²) < 4.78 is 4.95. The SMILES string of the molecule is C1[C]2CC3CC1CC(C2)C3.C=C(C)C(=O)OCc1ccccc1. The Labute approximate surface area is 139 Å². The van der Waals surface area contributed by atoms with E-state index in [9.17, 15) is 4.79 Å². The van der Waals surface area contributed by atoms with Gasteiger partial charge in [0.1, 0.15) is 6.61 Å². The molecule has 123 valence electrons. The first-order valence-corrected chi connectivity index (χ1v) is 8.80. The van der Waals surface area contributed by atoms with Crippen LogP contribution >= 0.6 is 0 Å². The third-order valence-electron chi connectivity index (χ3n) is 5.29. The van der Waals surface area contributed by atoms with Crippen molar-refractivity contribution < 1.29 is 9.53 Å². The summed E-state index contributed by atoms with van der Waals surface area (Å²) in [4.78, 5) is 11.0. The lowest BCUT2D eigenvalue weighted by Crippen LogP contribution is -2.37. The van der Waals surface area contributed by atoms with Crippen molar-refractivity contribution >= 4 is 5.97 Å². The van der Waals surface area contributed by atoms with Crippen LogP contribution in [0.1, 0.15) is 51.0 Å². The molecule has 4 aliphatic rings. The number of carbonyl (C=O) groups is 1. The predicted molar refractivity (Wildman–Crippen MR) is 92.5 cm³/mol. The average Bonchev–Trinajstić information content (AvgIpc) is 2.53. The number of ether oxygens (including phenoxy) is 1. The predicted octanol–water partition coefficient (Wildman–Crippen LogP) is 5.10. The lowest BCUT2D eigenvalue weighted by atomic mass is 9.56. The summed E-state index contributed by atoms with van der Waals surface area (Å²) in [5.74, 6) is 5.01. The lowest BCUT2D eigenvalue weighted by Gasteiger charge is -2.49. The Morgan fingerprint density at radius 2 is 1.57 bits per heavy atom. The smallest absolute Gasteiger partial charge is 0.333 e. The van der Waals surface area contributed by atoms with Crippen molar-refractivity contribution in [2.24, 2.45) is 17.8 Å². The Hall–Kier alpha value is -1.57. The summed E-state index contributed by atoms with van der Waals surface area (Å²) in [5, 5.41) is 0. The zero-order chi connectivity index (χ0) is 16.2. The molecule has 1 radical (unpaired) electrons. The Kier molecular flexibility index (Phi) is 5.20. The van der Waals surface area contributed by atoms with Crippen molar-refractivity contribution in [2.45, 2.75) is 52.1 Å². The molecule has 2 heteroatoms. The molecule has 5 rings (SSSR count). The molecule has 1 aromatic carbocycles. The van der Waals surface area contributed by atoms with E-state index in [1.54, 1.807) is 26.2 Å². The molecule has 2 nitrogen and oxygen atoms in total. The quantitative estimate of drug-likeness (QED) is 0.573. The molecule has 4 fully saturated rings. The second-order valence-corrected chi connectivity index (χ2v) is 7.51. The van der Waals surface area contributed by atoms with Gasteiger partial charge in [0.2, 0.25) is 0 Å². The van der Waals surface area contributed by atoms with Gasteiger partial charge in [-0.2, -0.15) is 0 Å². The second-order valence-electron chi connectivity index (χ2n) is 7.51. The molecule has 0 spiro atoms. The van der Waals surface area contributed by atoms with E-state index in [2.05, 4.69) is 6.58 Å². The van der Waals surface area contributed by atoms with E-state index < -0.39 is 0 Å². The standard InChI is InChI=1S/C11H12O2.C10H15/c1-9(2)11(12)13-8-10-6-4-3-5-7-10;1-7-2-9-4-8(1)5-10(3-7)6-9/h3-7H,1,8H2,2H3;7-9H,1-6H2. The van der Waals surface area contributed by atoms with Crippen molar-refractivity contribution in [3.8, 4) is 0 Å². The first kappa shape index (κ1) is 16.3. The average molecular weight is 311 g/mol. The summed E-state index contributed by atoms with van der Waals surface area (Å²) in [6, 6.07) is 9.55. The van der Waals surface area contributed by atoms with E-state index in [0.29, 0.717) is 12.2 Å². The van der Waals surface area contributed by atoms with Gasteiger partial charge in [-0.15, -0.1) is 0 Å². The Morgan fingerprint density at radius 1 is 1.04 bits per heavy atom. The number of carbonyl (C=O) groups excluding carboxylic acids is 1. The molecular formula is C21H27O2. The van der Waals surface area contributed by atoms with Crippen LogP contribution in [0.4, 0.5) is 0 Å². The maximum atomic E-state index is 11.0. The van der Waals surface area contributed by atoms with Crippen molar-refractivity contribution in [1.29, 1.82) is 0 Å². The molecule has 0 amide bonds. The zero-order valence-electron chi connectivity index (χ0n) is 14.1. The molecule has 4 saturated carbocycles. The highest BCUT2D eigenvalue weighted by atomic mass is 16.5. The van der Waals surface area contributed by atoms with Gasteiger partial charge in [0.05, 0.1) is 0 Å². The van der Waals surface area contributed by atoms with Crippen LogP contribution in [0.5, 0.6) is 0 Å². The minimum absolute atomic E-state index is 0.312. The highest BCUT2D eigenvalue weighted by Crippen LogP contribution is 2.54. The van der Waals surface area contributed by atoms with Crippen LogP contribution in [0.15, 0.2) is 42.5 Å². The highest BCUT2D eigenvalue weighted by Gasteiger charge is 2.42. The minimum Gasteiger partial charge on any atom is -0.457 e. The fourth-order valence-corrected chi connectivity index (χ4v) is 4.52. The molecular weight excluding hydrogens is 284 g/mol. The van der Waals surface area contributed by atoms with Gasteiger partial charge < -0.3 is 4.74 Å². The van der Waals surface area contributed by atoms with Crippen molar-refractivity contribution in [2.75, 3.05) is 0 Å². The van der Waals surface area contributed by atoms with Crippen LogP contribution in [-0.2, 0) is 16.1 Å². The third kappa shape index (κ3) is 4.46. The second kappa shape index (κ2) is 7.33. The first-order valence-electron chi connectivity index (χ1n) is 8.80. The monoisotopic (exact) mass is 311 g/mol. The van der Waals surface area contributed by atoms with Gasteiger partial charge in [-0.05, 0) is 74.7 Å². The molecule has 4 bridgehead atoms. The maximum Gasteiger partial charge on any atom is 0.333 e. The number of rotatable bonds is 3. The third-order valence-corrected chi connectivity index (χ3v) is 5.29. The van der Waals surface area contributed by atoms with E-state index in [0.717, 1.165) is 23.3 Å². The molecule has 0 unspecified atom stereocenters. The lowest BCUT2D eigenvalue weighted by molar-refractivity contribution is -0.140. The normalized spacial score (nSPS) is 28.0. The van der Waals surface area contributed by atoms with Crippen molar-refractivity contribution in [1.82, 2.24) is 0 Å². The molecule has 0 N–H and O–H groups in total. The summed E-state index contributed by atoms with van der Waals surface area (Å²) >= 11 is 0. The Balaban J connectivity index is 0.000000139. The number of hydrogen-bond acceptors (Lipinski definition) is 2. The molecule has 23 heavy (non-hydrogen) atoms. The van der Waals surface area contributed by atoms with Gasteiger partial charge in [0.15, 0.2) is 0 Å². The molecule has 1 aromatic rings. The molecule has 0 saturated heterocycles. The highest BCUT2D eigenvalue weighted by molar-refractivity contribution is 5.86. The van der Waals surface area contributed by atoms with Crippen LogP contribution in [-0.4, -0.2) is 5.97 Å². The van der Waals surface area contributed by atoms with E-state index in [4.69, 9.17) is 4.74 Å². The first-order chi connectivity index (χ1) is 11.1. The number of hydrogen-bond donors (Lipinski definition) is 0.